The van der Waals surface area contributed by atoms with E-state index in [0.717, 1.165) is 62.1 Å². The van der Waals surface area contributed by atoms with Crippen LogP contribution in [-0.4, -0.2) is 213 Å². The molecule has 582 valence electrons. The van der Waals surface area contributed by atoms with Crippen molar-refractivity contribution in [1.82, 2.24) is 35.1 Å². The molecule has 2 aliphatic heterocycles. The summed E-state index contributed by atoms with van der Waals surface area (Å²) in [6.45, 7) is 30.1. The number of carbonyl (C=O) groups excluding carboxylic acids is 10. The van der Waals surface area contributed by atoms with E-state index in [-0.39, 0.29) is 62.7 Å². The highest BCUT2D eigenvalue weighted by atomic mass is 16.6. The maximum absolute atomic E-state index is 14.2. The molecule has 2 aliphatic rings. The molecule has 0 spiro atoms. The van der Waals surface area contributed by atoms with E-state index in [0.29, 0.717) is 33.1 Å². The van der Waals surface area contributed by atoms with Gasteiger partial charge in [0, 0.05) is 70.0 Å². The van der Waals surface area contributed by atoms with Gasteiger partial charge in [-0.2, -0.15) is 0 Å². The third-order valence-electron chi connectivity index (χ3n) is 14.7. The van der Waals surface area contributed by atoms with E-state index in [4.69, 9.17) is 46.5 Å². The number of benzene rings is 3. The Morgan fingerprint density at radius 2 is 0.835 bits per heavy atom. The molecule has 26 heteroatoms. The Bertz CT molecular complexity index is 3020. The van der Waals surface area contributed by atoms with Crippen LogP contribution >= 0.6 is 0 Å². The average molecular weight is 1460 g/mol. The van der Waals surface area contributed by atoms with Crippen LogP contribution < -0.4 is 10.6 Å². The van der Waals surface area contributed by atoms with Gasteiger partial charge in [0.15, 0.2) is 0 Å². The number of ether oxygens (including phenoxy) is 5. The Kier molecular flexibility index (Phi) is 44.7. The number of piperidine rings is 2. The number of rotatable bonds is 23. The van der Waals surface area contributed by atoms with Crippen molar-refractivity contribution in [2.45, 2.75) is 243 Å². The van der Waals surface area contributed by atoms with Gasteiger partial charge in [-0.1, -0.05) is 140 Å². The fourth-order valence-electron chi connectivity index (χ4n) is 10.2. The van der Waals surface area contributed by atoms with Crippen molar-refractivity contribution in [1.29, 1.82) is 0 Å². The Balaban J connectivity index is 0. The maximum atomic E-state index is 14.2. The number of aliphatic carboxylic acids is 1. The molecule has 5 N–H and O–H groups in total. The number of aliphatic hydroxyl groups is 2. The minimum Gasteiger partial charge on any atom is -0.481 e. The molecule has 3 aromatic rings. The van der Waals surface area contributed by atoms with Gasteiger partial charge in [-0.25, -0.2) is 14.4 Å². The van der Waals surface area contributed by atoms with Crippen molar-refractivity contribution in [3.63, 3.8) is 0 Å². The largest absolute Gasteiger partial charge is 0.481 e. The van der Waals surface area contributed by atoms with Crippen molar-refractivity contribution >= 4 is 65.6 Å². The smallest absolute Gasteiger partial charge is 0.410 e. The zero-order valence-electron chi connectivity index (χ0n) is 67.0. The Labute approximate surface area is 616 Å². The molecule has 0 unspecified atom stereocenters. The number of carboxylic acids is 1. The maximum Gasteiger partial charge on any atom is 0.410 e. The van der Waals surface area contributed by atoms with Crippen molar-refractivity contribution in [2.75, 3.05) is 60.5 Å². The number of hydrogen-bond acceptors (Lipinski definition) is 18. The zero-order chi connectivity index (χ0) is 80.8. The average Bonchev–Trinajstić information content (AvgIpc) is 0.819. The SMILES string of the molecule is CC(=O)O.CC(C)(C)OC(=O)CO.CC(C)[C@@H](C(=O)N[C@@H](CC(=O)OCc1ccccc1)C(=O)N1CCCCC1)N(C)C(=O)OC(C)(C)C.CC(C)[C@@H](C(=O)N[C@@H](CC(=O)OCc1ccccc1)C(=O)N1CCCCC1)N(C)C(=O)[C@H](Cc1ccccc1)N(C)C(=O)OC(C)(C)C.CCO.[2H]CC.[3H]C. The summed E-state index contributed by atoms with van der Waals surface area (Å²) in [5.41, 5.74) is 0.461. The van der Waals surface area contributed by atoms with Crippen LogP contribution in [0.15, 0.2) is 91.0 Å². The second-order valence-corrected chi connectivity index (χ2v) is 27.9. The summed E-state index contributed by atoms with van der Waals surface area (Å²) in [4.78, 5) is 147. The summed E-state index contributed by atoms with van der Waals surface area (Å²) in [7, 11) is 5.77. The number of nitrogens with zero attached hydrogens (tertiary/aromatic N) is 5. The van der Waals surface area contributed by atoms with E-state index in [1.807, 2.05) is 91.0 Å². The summed E-state index contributed by atoms with van der Waals surface area (Å²) in [6.07, 6.45) is 3.70. The molecular weight excluding hydrogens is 1330 g/mol. The van der Waals surface area contributed by atoms with Crippen LogP contribution in [-0.2, 0) is 86.5 Å². The van der Waals surface area contributed by atoms with E-state index in [9.17, 15) is 47.9 Å². The van der Waals surface area contributed by atoms with Crippen LogP contribution in [0.25, 0.3) is 0 Å². The summed E-state index contributed by atoms with van der Waals surface area (Å²) in [5, 5.41) is 28.8. The highest BCUT2D eigenvalue weighted by Gasteiger charge is 2.41. The van der Waals surface area contributed by atoms with Gasteiger partial charge in [-0.05, 0) is 136 Å². The lowest BCUT2D eigenvalue weighted by Crippen LogP contribution is -2.60. The lowest BCUT2D eigenvalue weighted by Gasteiger charge is -2.37. The molecule has 0 bridgehead atoms. The number of likely N-dealkylation sites (N-methyl/N-ethyl adjacent to an activating group) is 3. The van der Waals surface area contributed by atoms with Crippen LogP contribution in [0.1, 0.15) is 196 Å². The minimum absolute atomic E-state index is 0.0398. The number of aliphatic hydroxyl groups excluding tert-OH is 2. The number of carbonyl (C=O) groups is 11. The molecule has 5 rings (SSSR count). The normalized spacial score (nSPS) is 14.1. The number of esters is 3. The summed E-state index contributed by atoms with van der Waals surface area (Å²) in [5.74, 6) is -5.51. The first-order valence-corrected chi connectivity index (χ1v) is 34.8. The van der Waals surface area contributed by atoms with Crippen LogP contribution in [0.4, 0.5) is 9.59 Å². The van der Waals surface area contributed by atoms with Crippen molar-refractivity contribution in [2.24, 2.45) is 11.8 Å². The van der Waals surface area contributed by atoms with Gasteiger partial charge in [0.05, 0.1) is 12.8 Å². The molecule has 5 atom stereocenters. The molecule has 7 amide bonds. The standard InChI is InChI=1S/C37H52N4O7.C27H41N3O6.C6H12O3.C2H4O2.C2H6O.C2H6.CH4/c1-26(2)32(40(7)35(45)30(23-27-17-11-8-12-18-27)39(6)36(46)48-37(3,4)5)33(43)38-29(34(44)41-21-15-10-16-22-41)24-31(42)47-25-28-19-13-9-14-20-28;1-19(2)23(29(6)26(34)36-27(3,4)5)24(32)28-21(25(33)30-15-11-8-12-16-30)17-22(31)35-18-20-13-9-7-10-14-20;1-6(2,3)9-5(8)4-7;1-2(3)4;1-2-3;1-2;/h8-9,11-14,17-20,26,29-30,32H,10,15-16,21-25H2,1-7H3,(H,38,43);7,9-10,13-14,19,21,23H,8,11-12,15-18H2,1-6H3,(H,28,32);7H,4H2,1-3H3;1H3,(H,3,4);3H,2H2,1H3;1-2H3;1H4/t29-,30-,32-;21-,23-;;;;;/m00...../s1/i;;;;;1D;1T. The highest BCUT2D eigenvalue weighted by molar-refractivity contribution is 5.96. The number of nitrogens with one attached hydrogen (secondary N) is 2. The molecule has 2 fully saturated rings. The van der Waals surface area contributed by atoms with Crippen LogP contribution in [0.3, 0.4) is 0 Å². The van der Waals surface area contributed by atoms with Gasteiger partial charge < -0.3 is 64.3 Å². The third-order valence-corrected chi connectivity index (χ3v) is 14.7. The second kappa shape index (κ2) is 49.9. The quantitative estimate of drug-likeness (QED) is 0.0435. The zero-order valence-corrected chi connectivity index (χ0v) is 65.0. The fraction of sp³-hybridized carbons (Fsp3) is 0.623. The van der Waals surface area contributed by atoms with E-state index in [1.165, 1.54) is 43.2 Å². The van der Waals surface area contributed by atoms with Crippen LogP contribution in [0.5, 0.6) is 0 Å². The van der Waals surface area contributed by atoms with Crippen LogP contribution in [0, 0.1) is 11.8 Å². The first-order valence-electron chi connectivity index (χ1n) is 36.5. The van der Waals surface area contributed by atoms with Gasteiger partial charge in [-0.15, -0.1) is 0 Å². The molecule has 3 aromatic carbocycles. The molecule has 0 aromatic heterocycles. The van der Waals surface area contributed by atoms with E-state index in [2.05, 4.69) is 10.6 Å². The molecule has 26 nitrogen and oxygen atoms in total. The Morgan fingerprint density at radius 1 is 0.534 bits per heavy atom. The summed E-state index contributed by atoms with van der Waals surface area (Å²) >= 11 is 0. The lowest BCUT2D eigenvalue weighted by molar-refractivity contribution is -0.158. The molecule has 0 radical (unpaired) electrons. The summed E-state index contributed by atoms with van der Waals surface area (Å²) in [6, 6.07) is 22.6. The second-order valence-electron chi connectivity index (χ2n) is 27.9. The first kappa shape index (κ1) is 92.4. The number of likely N-dealkylation sites (tertiary alicyclic amines) is 2. The molecule has 2 saturated heterocycles. The van der Waals surface area contributed by atoms with Crippen LogP contribution in [0.2, 0.25) is 0 Å². The van der Waals surface area contributed by atoms with Crippen molar-refractivity contribution < 1.29 is 94.5 Å². The van der Waals surface area contributed by atoms with Crippen molar-refractivity contribution in [3.05, 3.63) is 108 Å². The minimum atomic E-state index is -1.17. The predicted octanol–water partition coefficient (Wildman–Crippen LogP) is 10.2. The summed E-state index contributed by atoms with van der Waals surface area (Å²) < 4.78 is 38.5. The van der Waals surface area contributed by atoms with E-state index >= 15 is 0 Å². The first-order chi connectivity index (χ1) is 49.1. The topological polar surface area (TPSA) is 335 Å². The highest BCUT2D eigenvalue weighted by Crippen LogP contribution is 2.22. The number of amides is 7. The van der Waals surface area contributed by atoms with Gasteiger partial charge in [0.1, 0.15) is 66.8 Å². The molecule has 103 heavy (non-hydrogen) atoms. The van der Waals surface area contributed by atoms with Gasteiger partial charge in [-0.3, -0.25) is 48.2 Å². The Hall–Kier alpha value is -8.65. The molecule has 0 aliphatic carbocycles. The third kappa shape index (κ3) is 40.7. The molecular formula is C77H125N7O19. The van der Waals surface area contributed by atoms with E-state index in [1.54, 1.807) is 114 Å². The number of carboxylic acid groups (broad SMARTS) is 1. The van der Waals surface area contributed by atoms with Gasteiger partial charge in [0.2, 0.25) is 29.5 Å². The number of hydrogen-bond donors (Lipinski definition) is 5. The monoisotopic (exact) mass is 1450 g/mol. The van der Waals surface area contributed by atoms with E-state index < -0.39 is 107 Å². The van der Waals surface area contributed by atoms with Crippen molar-refractivity contribution in [3.8, 4) is 0 Å². The van der Waals surface area contributed by atoms with Gasteiger partial charge in [0.25, 0.3) is 5.97 Å². The van der Waals surface area contributed by atoms with Gasteiger partial charge >= 0.3 is 30.1 Å². The predicted molar refractivity (Wildman–Crippen MR) is 395 cm³/mol. The molecule has 2 heterocycles. The lowest BCUT2D eigenvalue weighted by atomic mass is 9.98. The fourth-order valence-corrected chi connectivity index (χ4v) is 10.2. The Morgan fingerprint density at radius 3 is 1.13 bits per heavy atom. The molecule has 0 saturated carbocycles.